The van der Waals surface area contributed by atoms with E-state index in [-0.39, 0.29) is 0 Å². The fourth-order valence-electron chi connectivity index (χ4n) is 3.60. The van der Waals surface area contributed by atoms with Gasteiger partial charge in [0, 0.05) is 0 Å². The van der Waals surface area contributed by atoms with Gasteiger partial charge < -0.3 is 0 Å². The Bertz CT molecular complexity index is 286. The fourth-order valence-corrected chi connectivity index (χ4v) is 3.60. The molecule has 0 aromatic rings. The van der Waals surface area contributed by atoms with Crippen LogP contribution in [0.25, 0.3) is 0 Å². The van der Waals surface area contributed by atoms with Crippen LogP contribution < -0.4 is 0 Å². The van der Waals surface area contributed by atoms with Crippen LogP contribution in [-0.4, -0.2) is 0 Å². The van der Waals surface area contributed by atoms with E-state index < -0.39 is 0 Å². The number of hydrogen-bond donors (Lipinski definition) is 0. The summed E-state index contributed by atoms with van der Waals surface area (Å²) in [4.78, 5) is 0. The van der Waals surface area contributed by atoms with Crippen molar-refractivity contribution in [2.24, 2.45) is 11.8 Å². The third-order valence-corrected chi connectivity index (χ3v) is 5.52. The summed E-state index contributed by atoms with van der Waals surface area (Å²) in [6.45, 7) is 9.29. The minimum atomic E-state index is 1.11. The Morgan fingerprint density at radius 1 is 0.762 bits per heavy atom. The normalized spacial score (nSPS) is 22.3. The first kappa shape index (κ1) is 18.8. The van der Waals surface area contributed by atoms with Gasteiger partial charge in [-0.1, -0.05) is 76.9 Å². The molecule has 0 aromatic carbocycles. The van der Waals surface area contributed by atoms with E-state index in [0.29, 0.717) is 0 Å². The molecule has 1 saturated carbocycles. The molecule has 0 N–H and O–H groups in total. The molecule has 1 aliphatic rings. The second-order valence-corrected chi connectivity index (χ2v) is 7.34. The Balaban J connectivity index is 2.07. The zero-order valence-corrected chi connectivity index (χ0v) is 15.3. The standard InChI is InChI=1S/C21H40/c1-5-8-13-19(18(4)7-3)15-11-10-12-16-21-17-20(21)14-9-6-2/h20-21H,5-17H2,1-4H3. The largest absolute Gasteiger partial charge is 0.0744 e. The SMILES string of the molecule is CCCCC(CCCCCC1CC1CCCC)=C(C)CC. The first-order valence-electron chi connectivity index (χ1n) is 9.90. The summed E-state index contributed by atoms with van der Waals surface area (Å²) in [5.41, 5.74) is 3.46. The molecule has 1 fully saturated rings. The van der Waals surface area contributed by atoms with Gasteiger partial charge in [-0.25, -0.2) is 0 Å². The third-order valence-electron chi connectivity index (χ3n) is 5.52. The highest BCUT2D eigenvalue weighted by atomic mass is 14.4. The van der Waals surface area contributed by atoms with Gasteiger partial charge in [-0.3, -0.25) is 0 Å². The molecule has 0 heteroatoms. The van der Waals surface area contributed by atoms with Gasteiger partial charge in [0.2, 0.25) is 0 Å². The van der Waals surface area contributed by atoms with Crippen LogP contribution in [0.4, 0.5) is 0 Å². The maximum absolute atomic E-state index is 2.35. The molecule has 0 spiro atoms. The van der Waals surface area contributed by atoms with E-state index in [2.05, 4.69) is 27.7 Å². The van der Waals surface area contributed by atoms with E-state index in [4.69, 9.17) is 0 Å². The van der Waals surface area contributed by atoms with E-state index in [1.807, 2.05) is 0 Å². The molecule has 2 unspecified atom stereocenters. The molecule has 0 aromatic heterocycles. The van der Waals surface area contributed by atoms with Crippen LogP contribution in [-0.2, 0) is 0 Å². The Morgan fingerprint density at radius 2 is 1.38 bits per heavy atom. The molecule has 1 aliphatic carbocycles. The van der Waals surface area contributed by atoms with Crippen molar-refractivity contribution in [3.63, 3.8) is 0 Å². The smallest absolute Gasteiger partial charge is 0.0318 e. The van der Waals surface area contributed by atoms with Gasteiger partial charge in [-0.05, 0) is 57.3 Å². The van der Waals surface area contributed by atoms with E-state index in [1.165, 1.54) is 77.0 Å². The zero-order valence-electron chi connectivity index (χ0n) is 15.3. The van der Waals surface area contributed by atoms with Crippen molar-refractivity contribution < 1.29 is 0 Å². The van der Waals surface area contributed by atoms with Gasteiger partial charge >= 0.3 is 0 Å². The number of unbranched alkanes of at least 4 members (excludes halogenated alkanes) is 4. The molecule has 0 nitrogen and oxygen atoms in total. The summed E-state index contributed by atoms with van der Waals surface area (Å²) in [5.74, 6) is 2.23. The van der Waals surface area contributed by atoms with Crippen LogP contribution in [0.3, 0.4) is 0 Å². The van der Waals surface area contributed by atoms with Crippen LogP contribution in [0.2, 0.25) is 0 Å². The molecule has 1 rings (SSSR count). The lowest BCUT2D eigenvalue weighted by atomic mass is 9.95. The van der Waals surface area contributed by atoms with Gasteiger partial charge in [0.1, 0.15) is 0 Å². The average molecular weight is 293 g/mol. The molecule has 2 atom stereocenters. The van der Waals surface area contributed by atoms with E-state index in [9.17, 15) is 0 Å². The van der Waals surface area contributed by atoms with Crippen LogP contribution >= 0.6 is 0 Å². The second kappa shape index (κ2) is 11.3. The van der Waals surface area contributed by atoms with Crippen LogP contribution in [0.1, 0.15) is 111 Å². The summed E-state index contributed by atoms with van der Waals surface area (Å²) in [7, 11) is 0. The highest BCUT2D eigenvalue weighted by Gasteiger charge is 2.34. The number of rotatable bonds is 13. The Hall–Kier alpha value is -0.260. The second-order valence-electron chi connectivity index (χ2n) is 7.34. The van der Waals surface area contributed by atoms with Gasteiger partial charge in [0.15, 0.2) is 0 Å². The minimum absolute atomic E-state index is 1.11. The van der Waals surface area contributed by atoms with E-state index in [0.717, 1.165) is 11.8 Å². The third kappa shape index (κ3) is 8.07. The van der Waals surface area contributed by atoms with Crippen LogP contribution in [0, 0.1) is 11.8 Å². The fraction of sp³-hybridized carbons (Fsp3) is 0.905. The van der Waals surface area contributed by atoms with Gasteiger partial charge in [-0.15, -0.1) is 0 Å². The Labute approximate surface area is 134 Å². The van der Waals surface area contributed by atoms with Gasteiger partial charge in [0.05, 0.1) is 0 Å². The summed E-state index contributed by atoms with van der Waals surface area (Å²) < 4.78 is 0. The molecule has 124 valence electrons. The summed E-state index contributed by atoms with van der Waals surface area (Å²) in [6.07, 6.45) is 18.5. The van der Waals surface area contributed by atoms with Crippen molar-refractivity contribution in [2.45, 2.75) is 111 Å². The number of allylic oxidation sites excluding steroid dienone is 2. The molecule has 0 heterocycles. The maximum atomic E-state index is 2.35. The van der Waals surface area contributed by atoms with Crippen molar-refractivity contribution >= 4 is 0 Å². The molecule has 0 aliphatic heterocycles. The highest BCUT2D eigenvalue weighted by molar-refractivity contribution is 5.11. The Kier molecular flexibility index (Phi) is 10.1. The zero-order chi connectivity index (χ0) is 15.5. The quantitative estimate of drug-likeness (QED) is 0.241. The van der Waals surface area contributed by atoms with E-state index in [1.54, 1.807) is 17.6 Å². The summed E-state index contributed by atoms with van der Waals surface area (Å²) in [5, 5.41) is 0. The van der Waals surface area contributed by atoms with Crippen molar-refractivity contribution in [2.75, 3.05) is 0 Å². The summed E-state index contributed by atoms with van der Waals surface area (Å²) in [6, 6.07) is 0. The lowest BCUT2D eigenvalue weighted by Gasteiger charge is -2.11. The lowest BCUT2D eigenvalue weighted by molar-refractivity contribution is 0.539. The van der Waals surface area contributed by atoms with Gasteiger partial charge in [-0.2, -0.15) is 0 Å². The van der Waals surface area contributed by atoms with Crippen molar-refractivity contribution in [3.8, 4) is 0 Å². The van der Waals surface area contributed by atoms with Crippen LogP contribution in [0.5, 0.6) is 0 Å². The lowest BCUT2D eigenvalue weighted by Crippen LogP contribution is -1.91. The molecule has 0 bridgehead atoms. The minimum Gasteiger partial charge on any atom is -0.0744 e. The predicted molar refractivity (Wildman–Crippen MR) is 96.7 cm³/mol. The van der Waals surface area contributed by atoms with Crippen molar-refractivity contribution in [1.29, 1.82) is 0 Å². The van der Waals surface area contributed by atoms with Crippen molar-refractivity contribution in [1.82, 2.24) is 0 Å². The molecule has 0 saturated heterocycles. The molecular formula is C21H40. The first-order valence-corrected chi connectivity index (χ1v) is 9.90. The number of hydrogen-bond acceptors (Lipinski definition) is 0. The average Bonchev–Trinajstić information content (AvgIpc) is 3.25. The van der Waals surface area contributed by atoms with Crippen molar-refractivity contribution in [3.05, 3.63) is 11.1 Å². The molecule has 0 radical (unpaired) electrons. The van der Waals surface area contributed by atoms with Gasteiger partial charge in [0.25, 0.3) is 0 Å². The Morgan fingerprint density at radius 3 is 2.00 bits per heavy atom. The first-order chi connectivity index (χ1) is 10.2. The molecular weight excluding hydrogens is 252 g/mol. The van der Waals surface area contributed by atoms with Crippen LogP contribution in [0.15, 0.2) is 11.1 Å². The molecule has 0 amide bonds. The predicted octanol–water partition coefficient (Wildman–Crippen LogP) is 7.68. The van der Waals surface area contributed by atoms with E-state index >= 15 is 0 Å². The monoisotopic (exact) mass is 292 g/mol. The topological polar surface area (TPSA) is 0 Å². The molecule has 21 heavy (non-hydrogen) atoms. The highest BCUT2D eigenvalue weighted by Crippen LogP contribution is 2.45. The maximum Gasteiger partial charge on any atom is -0.0318 e. The summed E-state index contributed by atoms with van der Waals surface area (Å²) >= 11 is 0.